The molecule has 0 spiro atoms. The van der Waals surface area contributed by atoms with Gasteiger partial charge in [0.25, 0.3) is 0 Å². The van der Waals surface area contributed by atoms with Gasteiger partial charge in [0, 0.05) is 11.3 Å². The number of nitrogens with one attached hydrogen (secondary N) is 2. The van der Waals surface area contributed by atoms with Crippen LogP contribution in [0.3, 0.4) is 0 Å². The van der Waals surface area contributed by atoms with Crippen molar-refractivity contribution in [1.29, 1.82) is 0 Å². The van der Waals surface area contributed by atoms with E-state index in [1.165, 1.54) is 17.5 Å². The van der Waals surface area contributed by atoms with E-state index < -0.39 is 6.04 Å². The number of carbonyl (C=O) groups excluding carboxylic acids is 2. The van der Waals surface area contributed by atoms with Crippen LogP contribution < -0.4 is 20.3 Å². The summed E-state index contributed by atoms with van der Waals surface area (Å²) in [5, 5.41) is 5.93. The molecule has 6 nitrogen and oxygen atoms in total. The van der Waals surface area contributed by atoms with Crippen molar-refractivity contribution in [1.82, 2.24) is 10.6 Å². The molecular weight excluding hydrogens is 438 g/mol. The number of methoxy groups -OCH3 is 1. The highest BCUT2D eigenvalue weighted by Crippen LogP contribution is 2.35. The van der Waals surface area contributed by atoms with Crippen molar-refractivity contribution in [2.24, 2.45) is 0 Å². The Bertz CT molecular complexity index is 1010. The lowest BCUT2D eigenvalue weighted by molar-refractivity contribution is -0.128. The summed E-state index contributed by atoms with van der Waals surface area (Å²) in [6.07, 6.45) is 5.74. The topological polar surface area (TPSA) is 70.7 Å². The average Bonchev–Trinajstić information content (AvgIpc) is 2.95. The first-order chi connectivity index (χ1) is 15.5. The van der Waals surface area contributed by atoms with Crippen molar-refractivity contribution in [2.45, 2.75) is 64.1 Å². The summed E-state index contributed by atoms with van der Waals surface area (Å²) in [5.41, 5.74) is 5.81. The van der Waals surface area contributed by atoms with Crippen LogP contribution >= 0.6 is 12.4 Å². The normalized spacial score (nSPS) is 18.3. The fraction of sp³-hybridized carbons (Fsp3) is 0.462. The molecule has 2 aromatic carbocycles. The van der Waals surface area contributed by atoms with E-state index in [4.69, 9.17) is 4.74 Å². The molecular formula is C26H34ClN3O3. The number of anilines is 1. The summed E-state index contributed by atoms with van der Waals surface area (Å²) >= 11 is 0. The van der Waals surface area contributed by atoms with Crippen molar-refractivity contribution in [3.05, 3.63) is 58.7 Å². The van der Waals surface area contributed by atoms with E-state index in [-0.39, 0.29) is 30.3 Å². The number of benzene rings is 2. The second kappa shape index (κ2) is 11.0. The highest BCUT2D eigenvalue weighted by Gasteiger charge is 2.33. The molecule has 7 heteroatoms. The standard InChI is InChI=1S/C26H33N3O3.ClH/c1-17(27-2)25(30)28-22-14-12-19-9-5-7-11-23(19)29(26(22)31)16-21-20-10-6-4-8-18(20)13-15-24(21)32-3;/h5,7,9,11,13,15,17,22,27H,4,6,8,10,12,14,16H2,1-3H3,(H,28,30);1H/t17-,22-;/m0./s1. The molecule has 1 heterocycles. The van der Waals surface area contributed by atoms with Crippen molar-refractivity contribution in [3.8, 4) is 5.75 Å². The Morgan fingerprint density at radius 2 is 1.88 bits per heavy atom. The summed E-state index contributed by atoms with van der Waals surface area (Å²) in [7, 11) is 3.43. The summed E-state index contributed by atoms with van der Waals surface area (Å²) in [4.78, 5) is 28.2. The Labute approximate surface area is 202 Å². The number of carbonyl (C=O) groups is 2. The number of aryl methyl sites for hydroxylation is 2. The maximum Gasteiger partial charge on any atom is 0.249 e. The predicted octanol–water partition coefficient (Wildman–Crippen LogP) is 3.57. The van der Waals surface area contributed by atoms with Crippen molar-refractivity contribution < 1.29 is 14.3 Å². The molecule has 0 saturated carbocycles. The summed E-state index contributed by atoms with van der Waals surface area (Å²) in [5.74, 6) is 0.595. The van der Waals surface area contributed by atoms with Crippen LogP contribution in [-0.4, -0.2) is 38.1 Å². The molecule has 4 rings (SSSR count). The van der Waals surface area contributed by atoms with Crippen LogP contribution in [0.25, 0.3) is 0 Å². The average molecular weight is 472 g/mol. The third-order valence-electron chi connectivity index (χ3n) is 6.84. The molecule has 0 radical (unpaired) electrons. The van der Waals surface area contributed by atoms with Gasteiger partial charge in [-0.25, -0.2) is 0 Å². The Morgan fingerprint density at radius 1 is 1.12 bits per heavy atom. The zero-order valence-electron chi connectivity index (χ0n) is 19.6. The van der Waals surface area contributed by atoms with Crippen molar-refractivity contribution in [3.63, 3.8) is 0 Å². The van der Waals surface area contributed by atoms with Gasteiger partial charge in [0.2, 0.25) is 11.8 Å². The summed E-state index contributed by atoms with van der Waals surface area (Å²) < 4.78 is 5.73. The van der Waals surface area contributed by atoms with E-state index in [9.17, 15) is 9.59 Å². The van der Waals surface area contributed by atoms with E-state index in [0.29, 0.717) is 13.0 Å². The van der Waals surface area contributed by atoms with Gasteiger partial charge in [-0.2, -0.15) is 0 Å². The van der Waals surface area contributed by atoms with Crippen LogP contribution in [-0.2, 0) is 35.4 Å². The smallest absolute Gasteiger partial charge is 0.249 e. The molecule has 0 unspecified atom stereocenters. The Morgan fingerprint density at radius 3 is 2.64 bits per heavy atom. The summed E-state index contributed by atoms with van der Waals surface area (Å²) in [6.45, 7) is 2.24. The minimum atomic E-state index is -0.559. The maximum atomic E-state index is 13.8. The number of rotatable bonds is 6. The number of ether oxygens (including phenoxy) is 1. The number of hydrogen-bond donors (Lipinski definition) is 2. The fourth-order valence-electron chi connectivity index (χ4n) is 4.85. The molecule has 0 saturated heterocycles. The summed E-state index contributed by atoms with van der Waals surface area (Å²) in [6, 6.07) is 11.3. The van der Waals surface area contributed by atoms with Crippen LogP contribution in [0.4, 0.5) is 5.69 Å². The predicted molar refractivity (Wildman–Crippen MR) is 133 cm³/mol. The van der Waals surface area contributed by atoms with Crippen LogP contribution in [0.2, 0.25) is 0 Å². The lowest BCUT2D eigenvalue weighted by Gasteiger charge is -2.30. The molecule has 2 aromatic rings. The molecule has 2 amide bonds. The molecule has 178 valence electrons. The molecule has 1 aliphatic heterocycles. The quantitative estimate of drug-likeness (QED) is 0.675. The van der Waals surface area contributed by atoms with Gasteiger partial charge < -0.3 is 20.3 Å². The lowest BCUT2D eigenvalue weighted by atomic mass is 9.87. The molecule has 1 aliphatic carbocycles. The second-order valence-corrected chi connectivity index (χ2v) is 8.75. The van der Waals surface area contributed by atoms with E-state index in [2.05, 4.69) is 22.8 Å². The highest BCUT2D eigenvalue weighted by atomic mass is 35.5. The number of halogens is 1. The van der Waals surface area contributed by atoms with Gasteiger partial charge in [-0.15, -0.1) is 12.4 Å². The maximum absolute atomic E-state index is 13.8. The Kier molecular flexibility index (Phi) is 8.38. The van der Waals surface area contributed by atoms with Crippen LogP contribution in [0.15, 0.2) is 36.4 Å². The molecule has 33 heavy (non-hydrogen) atoms. The lowest BCUT2D eigenvalue weighted by Crippen LogP contribution is -2.52. The minimum absolute atomic E-state index is 0. The number of amides is 2. The zero-order valence-corrected chi connectivity index (χ0v) is 20.5. The molecule has 2 atom stereocenters. The van der Waals surface area contributed by atoms with Crippen molar-refractivity contribution in [2.75, 3.05) is 19.1 Å². The van der Waals surface area contributed by atoms with Crippen LogP contribution in [0.5, 0.6) is 5.75 Å². The zero-order chi connectivity index (χ0) is 22.7. The number of likely N-dealkylation sites (N-methyl/N-ethyl adjacent to an activating group) is 1. The van der Waals surface area contributed by atoms with Gasteiger partial charge in [-0.3, -0.25) is 9.59 Å². The third-order valence-corrected chi connectivity index (χ3v) is 6.84. The van der Waals surface area contributed by atoms with Crippen LogP contribution in [0.1, 0.15) is 48.4 Å². The first-order valence-electron chi connectivity index (χ1n) is 11.6. The molecule has 2 aliphatic rings. The van der Waals surface area contributed by atoms with Gasteiger partial charge >= 0.3 is 0 Å². The molecule has 2 N–H and O–H groups in total. The van der Waals surface area contributed by atoms with Crippen LogP contribution in [0, 0.1) is 0 Å². The van der Waals surface area contributed by atoms with E-state index in [1.807, 2.05) is 29.2 Å². The fourth-order valence-corrected chi connectivity index (χ4v) is 4.85. The molecule has 0 aromatic heterocycles. The van der Waals surface area contributed by atoms with E-state index in [1.54, 1.807) is 21.1 Å². The largest absolute Gasteiger partial charge is 0.496 e. The first kappa shape index (κ1) is 25.1. The highest BCUT2D eigenvalue weighted by molar-refractivity contribution is 6.01. The van der Waals surface area contributed by atoms with Gasteiger partial charge in [0.05, 0.1) is 19.7 Å². The number of hydrogen-bond acceptors (Lipinski definition) is 4. The van der Waals surface area contributed by atoms with Gasteiger partial charge in [0.15, 0.2) is 0 Å². The van der Waals surface area contributed by atoms with Gasteiger partial charge in [-0.05, 0) is 81.3 Å². The van der Waals surface area contributed by atoms with Gasteiger partial charge in [0.1, 0.15) is 11.8 Å². The molecule has 0 bridgehead atoms. The number of fused-ring (bicyclic) bond motifs is 2. The Balaban J connectivity index is 0.00000306. The monoisotopic (exact) mass is 471 g/mol. The van der Waals surface area contributed by atoms with E-state index in [0.717, 1.165) is 48.2 Å². The second-order valence-electron chi connectivity index (χ2n) is 8.75. The minimum Gasteiger partial charge on any atom is -0.496 e. The SMILES string of the molecule is CN[C@@H](C)C(=O)N[C@H]1CCc2ccccc2N(Cc2c(OC)ccc3c2CCCC3)C1=O.Cl. The Hall–Kier alpha value is -2.57. The van der Waals surface area contributed by atoms with Gasteiger partial charge in [-0.1, -0.05) is 24.3 Å². The van der Waals surface area contributed by atoms with Crippen molar-refractivity contribution >= 4 is 29.9 Å². The number of nitrogens with zero attached hydrogens (tertiary/aromatic N) is 1. The third kappa shape index (κ3) is 5.17. The number of para-hydroxylation sites is 1. The first-order valence-corrected chi connectivity index (χ1v) is 11.6. The molecule has 0 fully saturated rings. The van der Waals surface area contributed by atoms with E-state index >= 15 is 0 Å².